The van der Waals surface area contributed by atoms with Crippen LogP contribution >= 0.6 is 0 Å². The van der Waals surface area contributed by atoms with Gasteiger partial charge in [0.05, 0.1) is 22.6 Å². The van der Waals surface area contributed by atoms with Crippen LogP contribution in [0.4, 0.5) is 21.5 Å². The van der Waals surface area contributed by atoms with Gasteiger partial charge in [0.2, 0.25) is 0 Å². The maximum Gasteiger partial charge on any atom is 0.257 e. The first kappa shape index (κ1) is 21.8. The predicted molar refractivity (Wildman–Crippen MR) is 127 cm³/mol. The second-order valence-electron chi connectivity index (χ2n) is 8.34. The fourth-order valence-corrected chi connectivity index (χ4v) is 4.19. The number of likely N-dealkylation sites (N-methyl/N-ethyl adjacent to an activating group) is 1. The van der Waals surface area contributed by atoms with Gasteiger partial charge in [-0.1, -0.05) is 0 Å². The van der Waals surface area contributed by atoms with Gasteiger partial charge >= 0.3 is 0 Å². The molecule has 1 aliphatic rings. The second kappa shape index (κ2) is 8.58. The second-order valence-corrected chi connectivity index (χ2v) is 8.34. The number of aryl methyl sites for hydroxylation is 1. The first-order chi connectivity index (χ1) is 15.3. The summed E-state index contributed by atoms with van der Waals surface area (Å²) < 4.78 is 15.9. The van der Waals surface area contributed by atoms with Gasteiger partial charge in [-0.2, -0.15) is 0 Å². The Labute approximate surface area is 186 Å². The number of nitrogens with one attached hydrogen (secondary N) is 1. The molecule has 2 aromatic heterocycles. The number of aliphatic imine (C=N–C) groups is 1. The molecule has 8 nitrogen and oxygen atoms in total. The molecule has 0 bridgehead atoms. The molecule has 168 valence electrons. The number of benzene rings is 1. The minimum Gasteiger partial charge on any atom is -0.397 e. The monoisotopic (exact) mass is 437 g/mol. The molecule has 3 N–H and O–H groups in total. The highest BCUT2D eigenvalue weighted by atomic mass is 19.1. The number of nitrogen functional groups attached to an aromatic ring is 1. The Kier molecular flexibility index (Phi) is 5.84. The highest BCUT2D eigenvalue weighted by Crippen LogP contribution is 2.31. The molecule has 0 aliphatic carbocycles. The summed E-state index contributed by atoms with van der Waals surface area (Å²) in [4.78, 5) is 25.8. The normalized spacial score (nSPS) is 16.6. The Morgan fingerprint density at radius 3 is 2.84 bits per heavy atom. The zero-order valence-corrected chi connectivity index (χ0v) is 18.8. The SMILES string of the molecule is CN=Cc1c(N2CCC(N(C)C)C2)ccc(C(=O)Nc2cc(F)c3nc(C)cn3c2)c1N. The summed E-state index contributed by atoms with van der Waals surface area (Å²) in [6, 6.07) is 5.34. The van der Waals surface area contributed by atoms with E-state index < -0.39 is 11.7 Å². The van der Waals surface area contributed by atoms with Crippen molar-refractivity contribution in [1.29, 1.82) is 0 Å². The molecule has 1 atom stereocenters. The first-order valence-electron chi connectivity index (χ1n) is 10.5. The van der Waals surface area contributed by atoms with Crippen molar-refractivity contribution in [3.63, 3.8) is 0 Å². The lowest BCUT2D eigenvalue weighted by atomic mass is 10.0. The molecule has 1 aliphatic heterocycles. The van der Waals surface area contributed by atoms with Gasteiger partial charge in [0.25, 0.3) is 5.91 Å². The molecule has 0 saturated carbocycles. The van der Waals surface area contributed by atoms with Gasteiger partial charge in [0.15, 0.2) is 11.5 Å². The molecule has 1 aromatic carbocycles. The number of nitrogens with zero attached hydrogens (tertiary/aromatic N) is 5. The topological polar surface area (TPSA) is 91.3 Å². The molecule has 1 saturated heterocycles. The third kappa shape index (κ3) is 4.03. The lowest BCUT2D eigenvalue weighted by molar-refractivity contribution is 0.102. The Morgan fingerprint density at radius 2 is 2.16 bits per heavy atom. The van der Waals surface area contributed by atoms with Crippen LogP contribution in [-0.4, -0.2) is 66.7 Å². The van der Waals surface area contributed by atoms with Crippen LogP contribution in [0.5, 0.6) is 0 Å². The van der Waals surface area contributed by atoms with E-state index in [-0.39, 0.29) is 5.65 Å². The maximum atomic E-state index is 14.4. The summed E-state index contributed by atoms with van der Waals surface area (Å²) in [5, 5.41) is 2.75. The lowest BCUT2D eigenvalue weighted by Crippen LogP contribution is -2.32. The number of rotatable bonds is 5. The Morgan fingerprint density at radius 1 is 1.38 bits per heavy atom. The molecule has 9 heteroatoms. The van der Waals surface area contributed by atoms with E-state index in [1.54, 1.807) is 43.0 Å². The van der Waals surface area contributed by atoms with Gasteiger partial charge in [-0.25, -0.2) is 9.37 Å². The van der Waals surface area contributed by atoms with Crippen molar-refractivity contribution < 1.29 is 9.18 Å². The van der Waals surface area contributed by atoms with Crippen LogP contribution < -0.4 is 16.0 Å². The number of anilines is 3. The van der Waals surface area contributed by atoms with Crippen molar-refractivity contribution in [2.75, 3.05) is 50.2 Å². The Hall–Kier alpha value is -3.46. The molecule has 1 unspecified atom stereocenters. The number of amides is 1. The molecular weight excluding hydrogens is 409 g/mol. The lowest BCUT2D eigenvalue weighted by Gasteiger charge is -2.24. The number of hydrogen-bond donors (Lipinski definition) is 2. The van der Waals surface area contributed by atoms with Crippen molar-refractivity contribution in [3.05, 3.63) is 53.2 Å². The van der Waals surface area contributed by atoms with Gasteiger partial charge in [-0.3, -0.25) is 9.79 Å². The van der Waals surface area contributed by atoms with Crippen molar-refractivity contribution in [3.8, 4) is 0 Å². The van der Waals surface area contributed by atoms with E-state index in [0.29, 0.717) is 34.2 Å². The highest BCUT2D eigenvalue weighted by Gasteiger charge is 2.27. The highest BCUT2D eigenvalue weighted by molar-refractivity contribution is 6.11. The first-order valence-corrected chi connectivity index (χ1v) is 10.5. The third-order valence-electron chi connectivity index (χ3n) is 5.89. The van der Waals surface area contributed by atoms with E-state index in [1.165, 1.54) is 6.07 Å². The smallest absolute Gasteiger partial charge is 0.257 e. The molecule has 3 aromatic rings. The zero-order valence-electron chi connectivity index (χ0n) is 18.8. The largest absolute Gasteiger partial charge is 0.397 e. The predicted octanol–water partition coefficient (Wildman–Crippen LogP) is 2.81. The molecule has 1 fully saturated rings. The summed E-state index contributed by atoms with van der Waals surface area (Å²) in [7, 11) is 5.83. The van der Waals surface area contributed by atoms with Gasteiger partial charge < -0.3 is 25.3 Å². The number of fused-ring (bicyclic) bond motifs is 1. The number of nitrogens with two attached hydrogens (primary N) is 1. The van der Waals surface area contributed by atoms with Crippen molar-refractivity contribution >= 4 is 34.8 Å². The van der Waals surface area contributed by atoms with Gasteiger partial charge in [0, 0.05) is 62.1 Å². The molecule has 0 spiro atoms. The van der Waals surface area contributed by atoms with Crippen molar-refractivity contribution in [2.45, 2.75) is 19.4 Å². The molecule has 32 heavy (non-hydrogen) atoms. The average molecular weight is 438 g/mol. The number of halogens is 1. The molecule has 3 heterocycles. The molecule has 0 radical (unpaired) electrons. The number of pyridine rings is 1. The van der Waals surface area contributed by atoms with Crippen LogP contribution in [0.1, 0.15) is 28.0 Å². The standard InChI is InChI=1S/C23H28FN7O/c1-14-11-31-12-15(9-19(24)22(31)27-14)28-23(32)17-5-6-20(18(10-26-2)21(17)25)30-8-7-16(13-30)29(3)4/h5-6,9-12,16H,7-8,13,25H2,1-4H3,(H,28,32). The number of hydrogen-bond acceptors (Lipinski definition) is 6. The van der Waals surface area contributed by atoms with E-state index in [9.17, 15) is 9.18 Å². The van der Waals surface area contributed by atoms with E-state index >= 15 is 0 Å². The van der Waals surface area contributed by atoms with E-state index in [0.717, 1.165) is 25.2 Å². The zero-order chi connectivity index (χ0) is 23.0. The molecular formula is C23H28FN7O. The third-order valence-corrected chi connectivity index (χ3v) is 5.89. The van der Waals surface area contributed by atoms with Gasteiger partial charge in [-0.05, 0) is 39.6 Å². The quantitative estimate of drug-likeness (QED) is 0.473. The number of carbonyl (C=O) groups excluding carboxylic acids is 1. The maximum absolute atomic E-state index is 14.4. The Balaban J connectivity index is 1.64. The summed E-state index contributed by atoms with van der Waals surface area (Å²) >= 11 is 0. The van der Waals surface area contributed by atoms with E-state index in [1.807, 2.05) is 6.07 Å². The Bertz CT molecular complexity index is 1200. The number of imidazole rings is 1. The average Bonchev–Trinajstić information content (AvgIpc) is 3.36. The summed E-state index contributed by atoms with van der Waals surface area (Å²) in [5.41, 5.74) is 9.98. The molecule has 1 amide bonds. The summed E-state index contributed by atoms with van der Waals surface area (Å²) in [5.74, 6) is -0.925. The molecule has 4 rings (SSSR count). The van der Waals surface area contributed by atoms with Gasteiger partial charge in [-0.15, -0.1) is 0 Å². The minimum atomic E-state index is -0.512. The van der Waals surface area contributed by atoms with Crippen LogP contribution in [0.3, 0.4) is 0 Å². The van der Waals surface area contributed by atoms with Gasteiger partial charge in [0.1, 0.15) is 0 Å². The summed E-state index contributed by atoms with van der Waals surface area (Å²) in [6.07, 6.45) is 6.06. The fraction of sp³-hybridized carbons (Fsp3) is 0.348. The van der Waals surface area contributed by atoms with Crippen LogP contribution in [0.2, 0.25) is 0 Å². The number of carbonyl (C=O) groups is 1. The summed E-state index contributed by atoms with van der Waals surface area (Å²) in [6.45, 7) is 3.57. The van der Waals surface area contributed by atoms with Crippen molar-refractivity contribution in [2.24, 2.45) is 4.99 Å². The van der Waals surface area contributed by atoms with Crippen LogP contribution in [0, 0.1) is 12.7 Å². The fourth-order valence-electron chi connectivity index (χ4n) is 4.19. The minimum absolute atomic E-state index is 0.215. The van der Waals surface area contributed by atoms with Crippen LogP contribution in [0.25, 0.3) is 5.65 Å². The van der Waals surface area contributed by atoms with Crippen molar-refractivity contribution in [1.82, 2.24) is 14.3 Å². The van der Waals surface area contributed by atoms with Crippen LogP contribution in [-0.2, 0) is 0 Å². The van der Waals surface area contributed by atoms with Crippen LogP contribution in [0.15, 0.2) is 35.6 Å². The van der Waals surface area contributed by atoms with E-state index in [2.05, 4.69) is 39.2 Å². The van der Waals surface area contributed by atoms with E-state index in [4.69, 9.17) is 5.73 Å². The number of aromatic nitrogens is 2.